The monoisotopic (exact) mass is 811 g/mol. The number of nitrogens with zero attached hydrogens (tertiary/aromatic N) is 4. The highest BCUT2D eigenvalue weighted by molar-refractivity contribution is 6.00. The summed E-state index contributed by atoms with van der Waals surface area (Å²) in [5.41, 5.74) is -0.288. The molecular weight excluding hydrogens is 755 g/mol. The molecule has 0 radical (unpaired) electrons. The Morgan fingerprint density at radius 1 is 0.966 bits per heavy atom. The first-order valence-electron chi connectivity index (χ1n) is 20.6. The molecule has 0 unspecified atom stereocenters. The van der Waals surface area contributed by atoms with Crippen LogP contribution in [0.3, 0.4) is 0 Å². The third kappa shape index (κ3) is 9.36. The number of piperidine rings is 1. The lowest BCUT2D eigenvalue weighted by atomic mass is 9.61. The normalized spacial score (nSPS) is 21.7. The van der Waals surface area contributed by atoms with E-state index < -0.39 is 65.0 Å². The van der Waals surface area contributed by atoms with Gasteiger partial charge in [-0.25, -0.2) is 9.18 Å². The van der Waals surface area contributed by atoms with E-state index in [1.54, 1.807) is 43.7 Å². The predicted molar refractivity (Wildman–Crippen MR) is 209 cm³/mol. The molecule has 4 N–H and O–H groups in total. The Balaban J connectivity index is 1.17. The lowest BCUT2D eigenvalue weighted by Crippen LogP contribution is -2.56. The number of urea groups is 1. The van der Waals surface area contributed by atoms with Crippen molar-refractivity contribution in [1.82, 2.24) is 30.2 Å². The van der Waals surface area contributed by atoms with Gasteiger partial charge in [-0.1, -0.05) is 13.0 Å². The van der Waals surface area contributed by atoms with Gasteiger partial charge >= 0.3 is 12.0 Å². The number of hydrogen-bond donors (Lipinski definition) is 4. The summed E-state index contributed by atoms with van der Waals surface area (Å²) in [6, 6.07) is 3.19. The zero-order valence-corrected chi connectivity index (χ0v) is 33.8. The summed E-state index contributed by atoms with van der Waals surface area (Å²) in [6.45, 7) is 6.66. The zero-order valence-electron chi connectivity index (χ0n) is 33.8. The number of carbonyl (C=O) groups excluding carboxylic acids is 4. The minimum Gasteiger partial charge on any atom is -0.481 e. The third-order valence-corrected chi connectivity index (χ3v) is 13.5. The molecule has 2 heterocycles. The van der Waals surface area contributed by atoms with Gasteiger partial charge in [0.15, 0.2) is 0 Å². The molecule has 1 aromatic heterocycles. The molecule has 4 fully saturated rings. The fraction of sp³-hybridized carbons (Fsp3) is 0.619. The van der Waals surface area contributed by atoms with Gasteiger partial charge in [0.05, 0.1) is 11.1 Å². The zero-order chi connectivity index (χ0) is 41.9. The second-order valence-corrected chi connectivity index (χ2v) is 17.2. The number of nitrogens with one attached hydrogen (secondary N) is 3. The molecule has 3 saturated carbocycles. The number of aromatic nitrogens is 2. The fourth-order valence-corrected chi connectivity index (χ4v) is 8.93. The van der Waals surface area contributed by atoms with Crippen molar-refractivity contribution in [1.29, 1.82) is 0 Å². The molecule has 58 heavy (non-hydrogen) atoms. The van der Waals surface area contributed by atoms with Gasteiger partial charge in [-0.05, 0) is 132 Å². The Morgan fingerprint density at radius 3 is 2.19 bits per heavy atom. The van der Waals surface area contributed by atoms with Crippen molar-refractivity contribution in [3.05, 3.63) is 59.2 Å². The number of carboxylic acids is 1. The van der Waals surface area contributed by atoms with Crippen LogP contribution in [0, 0.1) is 22.6 Å². The number of carboxylic acid groups (broad SMARTS) is 1. The Kier molecular flexibility index (Phi) is 12.9. The van der Waals surface area contributed by atoms with E-state index in [-0.39, 0.29) is 60.0 Å². The number of hydrogen-bond acceptors (Lipinski definition) is 6. The molecule has 13 nitrogen and oxygen atoms in total. The van der Waals surface area contributed by atoms with Gasteiger partial charge in [-0.3, -0.25) is 23.9 Å². The summed E-state index contributed by atoms with van der Waals surface area (Å²) in [5, 5.41) is 22.1. The number of aliphatic carboxylic acids is 1. The van der Waals surface area contributed by atoms with Crippen LogP contribution in [0.4, 0.5) is 23.7 Å². The van der Waals surface area contributed by atoms with E-state index in [1.165, 1.54) is 29.1 Å². The maximum absolute atomic E-state index is 16.0. The largest absolute Gasteiger partial charge is 0.481 e. The highest BCUT2D eigenvalue weighted by Crippen LogP contribution is 2.51. The molecule has 3 aliphatic carbocycles. The number of likely N-dealkylation sites (tertiary alicyclic amines) is 1. The van der Waals surface area contributed by atoms with Crippen molar-refractivity contribution in [3.63, 3.8) is 0 Å². The molecule has 16 heteroatoms. The standard InChI is InChI=1S/C42H56F3N7O6/c1-5-52-32(14-21-46-52)36(53)48-34(26-6-8-27(9-7-26)35(44)45)37(54)47-31-13-10-28(24-30(31)43)25(2)33(49-40(58)50(4)29-11-12-29)38(55)51-22-19-42(20-23-51)17-15-41(3,16-18-42)39(56)57/h10,13-14,21,24-26,29,33-34H,5-9,11-12,15-20,22-23H2,1-4H3,(H,47,54)(H,48,53)(H,49,58)(H,56,57)/t25-,33+,34-/m0/s1. The van der Waals surface area contributed by atoms with Crippen LogP contribution in [0.25, 0.3) is 0 Å². The molecule has 1 saturated heterocycles. The van der Waals surface area contributed by atoms with E-state index in [2.05, 4.69) is 21.0 Å². The summed E-state index contributed by atoms with van der Waals surface area (Å²) in [5.74, 6) is -4.31. The Labute approximate surface area is 337 Å². The molecule has 1 spiro atoms. The highest BCUT2D eigenvalue weighted by atomic mass is 19.3. The quantitative estimate of drug-likeness (QED) is 0.186. The van der Waals surface area contributed by atoms with Crippen LogP contribution in [0.5, 0.6) is 0 Å². The molecule has 0 bridgehead atoms. The number of rotatable bonds is 12. The van der Waals surface area contributed by atoms with E-state index in [0.29, 0.717) is 38.0 Å². The van der Waals surface area contributed by atoms with Crippen molar-refractivity contribution in [3.8, 4) is 0 Å². The van der Waals surface area contributed by atoms with Crippen molar-refractivity contribution in [2.75, 3.05) is 25.5 Å². The number of amides is 5. The van der Waals surface area contributed by atoms with Gasteiger partial charge in [0.2, 0.25) is 11.8 Å². The number of halogens is 3. The van der Waals surface area contributed by atoms with E-state index in [4.69, 9.17) is 0 Å². The van der Waals surface area contributed by atoms with E-state index in [9.17, 15) is 37.9 Å². The SMILES string of the molecule is CCn1nccc1C(=O)N[C@H](C(=O)Nc1ccc([C@H](C)[C@@H](NC(=O)N(C)C2CC2)C(=O)N2CCC3(CC2)CCC(C)(C(=O)O)CC3)cc1F)C1CCC(=C(F)F)CC1. The van der Waals surface area contributed by atoms with Gasteiger partial charge in [0, 0.05) is 44.8 Å². The first kappa shape index (κ1) is 42.7. The molecule has 5 amide bonds. The first-order valence-corrected chi connectivity index (χ1v) is 20.6. The number of carbonyl (C=O) groups is 5. The van der Waals surface area contributed by atoms with Gasteiger partial charge < -0.3 is 30.9 Å². The van der Waals surface area contributed by atoms with Crippen LogP contribution in [-0.2, 0) is 20.9 Å². The predicted octanol–water partition coefficient (Wildman–Crippen LogP) is 6.67. The molecule has 4 aliphatic rings. The topological polar surface area (TPSA) is 166 Å². The van der Waals surface area contributed by atoms with E-state index >= 15 is 4.39 Å². The minimum absolute atomic E-state index is 0.0206. The van der Waals surface area contributed by atoms with E-state index in [1.807, 2.05) is 0 Å². The summed E-state index contributed by atoms with van der Waals surface area (Å²) in [6.07, 6.45) is 6.21. The van der Waals surface area contributed by atoms with E-state index in [0.717, 1.165) is 38.5 Å². The lowest BCUT2D eigenvalue weighted by Gasteiger charge is -2.48. The number of allylic oxidation sites excluding steroid dienone is 1. The Morgan fingerprint density at radius 2 is 1.62 bits per heavy atom. The first-order chi connectivity index (χ1) is 27.5. The van der Waals surface area contributed by atoms with Gasteiger partial charge in [-0.2, -0.15) is 13.9 Å². The summed E-state index contributed by atoms with van der Waals surface area (Å²) >= 11 is 0. The molecule has 3 atom stereocenters. The van der Waals surface area contributed by atoms with Crippen molar-refractivity contribution in [2.45, 2.75) is 128 Å². The van der Waals surface area contributed by atoms with Crippen molar-refractivity contribution < 1.29 is 42.3 Å². The summed E-state index contributed by atoms with van der Waals surface area (Å²) in [4.78, 5) is 70.0. The van der Waals surface area contributed by atoms with Gasteiger partial charge in [0.1, 0.15) is 23.6 Å². The number of aryl methyl sites for hydroxylation is 1. The second-order valence-electron chi connectivity index (χ2n) is 17.2. The number of benzene rings is 1. The van der Waals surface area contributed by atoms with Crippen molar-refractivity contribution >= 4 is 35.4 Å². The van der Waals surface area contributed by atoms with Gasteiger partial charge in [-0.15, -0.1) is 0 Å². The van der Waals surface area contributed by atoms with Crippen molar-refractivity contribution in [2.24, 2.45) is 16.7 Å². The Bertz CT molecular complexity index is 1900. The molecule has 316 valence electrons. The van der Waals surface area contributed by atoms with Crippen LogP contribution in [0.2, 0.25) is 0 Å². The number of anilines is 1. The lowest BCUT2D eigenvalue weighted by molar-refractivity contribution is -0.152. The Hall–Kier alpha value is -4.89. The third-order valence-electron chi connectivity index (χ3n) is 13.5. The molecule has 1 aromatic carbocycles. The van der Waals surface area contributed by atoms with Gasteiger partial charge in [0.25, 0.3) is 12.0 Å². The van der Waals surface area contributed by atoms with Crippen LogP contribution in [-0.4, -0.2) is 92.7 Å². The molecular formula is C42H56F3N7O6. The van der Waals surface area contributed by atoms with Crippen LogP contribution >= 0.6 is 0 Å². The smallest absolute Gasteiger partial charge is 0.318 e. The average molecular weight is 812 g/mol. The molecule has 1 aliphatic heterocycles. The fourth-order valence-electron chi connectivity index (χ4n) is 8.93. The van der Waals surface area contributed by atoms with Crippen LogP contribution in [0.1, 0.15) is 120 Å². The maximum atomic E-state index is 16.0. The second kappa shape index (κ2) is 17.5. The summed E-state index contributed by atoms with van der Waals surface area (Å²) < 4.78 is 44.2. The maximum Gasteiger partial charge on any atom is 0.318 e. The average Bonchev–Trinajstić information content (AvgIpc) is 3.96. The van der Waals surface area contributed by atoms with Crippen LogP contribution < -0.4 is 16.0 Å². The highest BCUT2D eigenvalue weighted by Gasteiger charge is 2.47. The van der Waals surface area contributed by atoms with Crippen LogP contribution in [0.15, 0.2) is 42.1 Å². The minimum atomic E-state index is -1.74. The molecule has 6 rings (SSSR count). The summed E-state index contributed by atoms with van der Waals surface area (Å²) in [7, 11) is 1.69. The molecule has 2 aromatic rings.